The molecule has 1 aliphatic rings. The number of rotatable bonds is 7. The number of hydrogen-bond acceptors (Lipinski definition) is 4. The summed E-state index contributed by atoms with van der Waals surface area (Å²) in [6.07, 6.45) is 4.94. The van der Waals surface area contributed by atoms with E-state index < -0.39 is 0 Å². The van der Waals surface area contributed by atoms with Crippen molar-refractivity contribution in [2.75, 3.05) is 12.0 Å². The van der Waals surface area contributed by atoms with E-state index in [0.717, 1.165) is 36.7 Å². The van der Waals surface area contributed by atoms with Crippen LogP contribution in [-0.4, -0.2) is 22.7 Å². The molecule has 28 heavy (non-hydrogen) atoms. The van der Waals surface area contributed by atoms with E-state index in [0.29, 0.717) is 20.5 Å². The predicted octanol–water partition coefficient (Wildman–Crippen LogP) is 6.44. The average molecular weight is 435 g/mol. The van der Waals surface area contributed by atoms with Gasteiger partial charge in [-0.05, 0) is 60.5 Å². The van der Waals surface area contributed by atoms with E-state index in [1.807, 2.05) is 12.1 Å². The van der Waals surface area contributed by atoms with Gasteiger partial charge in [-0.25, -0.2) is 0 Å². The third kappa shape index (κ3) is 4.90. The molecule has 7 heteroatoms. The van der Waals surface area contributed by atoms with Crippen molar-refractivity contribution in [3.8, 4) is 0 Å². The number of carbonyl (C=O) groups excluding carboxylic acids is 2. The number of carbonyl (C=O) groups is 2. The van der Waals surface area contributed by atoms with Crippen LogP contribution in [0.15, 0.2) is 47.4 Å². The van der Waals surface area contributed by atoms with Crippen molar-refractivity contribution in [2.45, 2.75) is 26.2 Å². The monoisotopic (exact) mass is 434 g/mol. The third-order valence-corrected chi connectivity index (χ3v) is 5.93. The van der Waals surface area contributed by atoms with Crippen LogP contribution in [0.5, 0.6) is 0 Å². The molecule has 0 aromatic heterocycles. The van der Waals surface area contributed by atoms with Gasteiger partial charge in [0.1, 0.15) is 0 Å². The van der Waals surface area contributed by atoms with Gasteiger partial charge in [-0.15, -0.1) is 0 Å². The van der Waals surface area contributed by atoms with Crippen LogP contribution in [0.4, 0.5) is 10.5 Å². The predicted molar refractivity (Wildman–Crippen MR) is 118 cm³/mol. The Hall–Kier alpha value is -1.95. The summed E-state index contributed by atoms with van der Waals surface area (Å²) in [5, 5.41) is 3.66. The molecule has 146 valence electrons. The molecule has 0 bridgehead atoms. The number of benzene rings is 2. The number of anilines is 1. The van der Waals surface area contributed by atoms with Gasteiger partial charge >= 0.3 is 0 Å². The maximum Gasteiger partial charge on any atom is 0.295 e. The van der Waals surface area contributed by atoms with Crippen molar-refractivity contribution in [2.24, 2.45) is 0 Å². The van der Waals surface area contributed by atoms with E-state index in [9.17, 15) is 9.59 Å². The quantitative estimate of drug-likeness (QED) is 0.509. The zero-order chi connectivity index (χ0) is 20.1. The normalized spacial score (nSPS) is 15.5. The summed E-state index contributed by atoms with van der Waals surface area (Å²) in [6.45, 7) is 2.27. The molecule has 2 aromatic carbocycles. The van der Waals surface area contributed by atoms with Crippen LogP contribution in [0.3, 0.4) is 0 Å². The van der Waals surface area contributed by atoms with Crippen LogP contribution in [-0.2, 0) is 11.2 Å². The van der Waals surface area contributed by atoms with Gasteiger partial charge in [0, 0.05) is 21.3 Å². The molecule has 0 radical (unpaired) electrons. The Bertz CT molecular complexity index is 893. The first-order chi connectivity index (χ1) is 13.5. The largest absolute Gasteiger partial charge is 0.367 e. The summed E-state index contributed by atoms with van der Waals surface area (Å²) in [6, 6.07) is 13.2. The summed E-state index contributed by atoms with van der Waals surface area (Å²) in [7, 11) is 0. The lowest BCUT2D eigenvalue weighted by atomic mass is 10.1. The Labute approximate surface area is 178 Å². The maximum atomic E-state index is 12.6. The molecular formula is C21H20Cl2N2O2S. The minimum Gasteiger partial charge on any atom is -0.367 e. The summed E-state index contributed by atoms with van der Waals surface area (Å²) in [4.78, 5) is 26.4. The summed E-state index contributed by atoms with van der Waals surface area (Å²) in [5.74, 6) is -0.363. The van der Waals surface area contributed by atoms with Crippen molar-refractivity contribution >= 4 is 57.9 Å². The third-order valence-electron chi connectivity index (χ3n) is 4.36. The highest BCUT2D eigenvalue weighted by Gasteiger charge is 2.35. The Morgan fingerprint density at radius 1 is 1.07 bits per heavy atom. The summed E-state index contributed by atoms with van der Waals surface area (Å²) in [5.41, 5.74) is 2.67. The van der Waals surface area contributed by atoms with Crippen LogP contribution >= 0.6 is 35.0 Å². The minimum atomic E-state index is -0.363. The van der Waals surface area contributed by atoms with Crippen LogP contribution < -0.4 is 5.32 Å². The molecule has 4 nitrogen and oxygen atoms in total. The Balaban J connectivity index is 1.66. The molecule has 0 spiro atoms. The van der Waals surface area contributed by atoms with E-state index in [1.165, 1.54) is 10.5 Å². The van der Waals surface area contributed by atoms with E-state index in [-0.39, 0.29) is 17.8 Å². The van der Waals surface area contributed by atoms with Crippen molar-refractivity contribution in [1.29, 1.82) is 0 Å². The standard InChI is InChI=1S/C21H20Cl2N2O2S/c1-2-3-5-14-8-10-15(11-9-14)24-13-25-20(26)19(28-21(25)27)12-16-17(22)6-4-7-18(16)23/h4,6-12,24H,2-3,5,13H2,1H3/b19-12-. The second-order valence-electron chi connectivity index (χ2n) is 6.38. The van der Waals surface area contributed by atoms with Crippen molar-refractivity contribution in [3.05, 3.63) is 68.5 Å². The van der Waals surface area contributed by atoms with E-state index in [4.69, 9.17) is 23.2 Å². The Morgan fingerprint density at radius 2 is 1.75 bits per heavy atom. The highest BCUT2D eigenvalue weighted by Crippen LogP contribution is 2.35. The molecule has 0 unspecified atom stereocenters. The fraction of sp³-hybridized carbons (Fsp3) is 0.238. The molecule has 0 aliphatic carbocycles. The van der Waals surface area contributed by atoms with Crippen LogP contribution in [0.1, 0.15) is 30.9 Å². The highest BCUT2D eigenvalue weighted by molar-refractivity contribution is 8.18. The molecule has 0 atom stereocenters. The van der Waals surface area contributed by atoms with Gasteiger partial charge < -0.3 is 5.32 Å². The van der Waals surface area contributed by atoms with Gasteiger partial charge in [-0.3, -0.25) is 14.5 Å². The lowest BCUT2D eigenvalue weighted by Gasteiger charge is -2.14. The summed E-state index contributed by atoms with van der Waals surface area (Å²) >= 11 is 13.2. The van der Waals surface area contributed by atoms with E-state index in [2.05, 4.69) is 24.4 Å². The van der Waals surface area contributed by atoms with Gasteiger partial charge in [0.05, 0.1) is 11.6 Å². The molecule has 1 saturated heterocycles. The fourth-order valence-electron chi connectivity index (χ4n) is 2.76. The molecule has 2 aromatic rings. The smallest absolute Gasteiger partial charge is 0.295 e. The molecule has 0 saturated carbocycles. The van der Waals surface area contributed by atoms with Gasteiger partial charge in [-0.2, -0.15) is 0 Å². The molecular weight excluding hydrogens is 415 g/mol. The second-order valence-corrected chi connectivity index (χ2v) is 8.19. The van der Waals surface area contributed by atoms with Crippen molar-refractivity contribution in [3.63, 3.8) is 0 Å². The zero-order valence-corrected chi connectivity index (χ0v) is 17.7. The lowest BCUT2D eigenvalue weighted by Crippen LogP contribution is -2.33. The first kappa shape index (κ1) is 20.8. The fourth-order valence-corrected chi connectivity index (χ4v) is 4.08. The number of aryl methyl sites for hydroxylation is 1. The number of hydrogen-bond donors (Lipinski definition) is 1. The highest BCUT2D eigenvalue weighted by atomic mass is 35.5. The van der Waals surface area contributed by atoms with Gasteiger partial charge in [0.15, 0.2) is 0 Å². The first-order valence-corrected chi connectivity index (χ1v) is 10.6. The molecule has 3 rings (SSSR count). The van der Waals surface area contributed by atoms with E-state index in [1.54, 1.807) is 24.3 Å². The van der Waals surface area contributed by atoms with Crippen LogP contribution in [0.2, 0.25) is 10.0 Å². The first-order valence-electron chi connectivity index (χ1n) is 9.01. The number of nitrogens with one attached hydrogen (secondary N) is 1. The number of nitrogens with zero attached hydrogens (tertiary/aromatic N) is 1. The average Bonchev–Trinajstić information content (AvgIpc) is 2.95. The maximum absolute atomic E-state index is 12.6. The zero-order valence-electron chi connectivity index (χ0n) is 15.4. The minimum absolute atomic E-state index is 0.104. The Morgan fingerprint density at radius 3 is 2.39 bits per heavy atom. The number of thioether (sulfide) groups is 1. The molecule has 1 fully saturated rings. The molecule has 1 heterocycles. The molecule has 1 aliphatic heterocycles. The topological polar surface area (TPSA) is 49.4 Å². The van der Waals surface area contributed by atoms with Crippen LogP contribution in [0.25, 0.3) is 6.08 Å². The lowest BCUT2D eigenvalue weighted by molar-refractivity contribution is -0.122. The van der Waals surface area contributed by atoms with Crippen LogP contribution in [0, 0.1) is 0 Å². The van der Waals surface area contributed by atoms with E-state index >= 15 is 0 Å². The van der Waals surface area contributed by atoms with Gasteiger partial charge in [0.25, 0.3) is 11.1 Å². The van der Waals surface area contributed by atoms with Crippen molar-refractivity contribution < 1.29 is 9.59 Å². The van der Waals surface area contributed by atoms with Crippen molar-refractivity contribution in [1.82, 2.24) is 4.90 Å². The van der Waals surface area contributed by atoms with Gasteiger partial charge in [-0.1, -0.05) is 54.7 Å². The number of halogens is 2. The Kier molecular flexibility index (Phi) is 7.05. The SMILES string of the molecule is CCCCc1ccc(NCN2C(=O)S/C(=C\c3c(Cl)cccc3Cl)C2=O)cc1. The number of imide groups is 1. The van der Waals surface area contributed by atoms with Gasteiger partial charge in [0.2, 0.25) is 0 Å². The number of amides is 2. The molecule has 2 amide bonds. The second kappa shape index (κ2) is 9.50. The molecule has 1 N–H and O–H groups in total. The number of unbranched alkanes of at least 4 members (excludes halogenated alkanes) is 1. The summed E-state index contributed by atoms with van der Waals surface area (Å²) < 4.78 is 0.